The third-order valence-corrected chi connectivity index (χ3v) is 9.79. The van der Waals surface area contributed by atoms with Crippen LogP contribution in [0.3, 0.4) is 0 Å². The number of alkyl halides is 3. The number of aromatic nitrogens is 1. The summed E-state index contributed by atoms with van der Waals surface area (Å²) in [5.74, 6) is -1.82. The van der Waals surface area contributed by atoms with Crippen LogP contribution < -0.4 is 9.46 Å². The molecule has 6 rings (SSSR count). The summed E-state index contributed by atoms with van der Waals surface area (Å²) in [5.41, 5.74) is 2.61. The van der Waals surface area contributed by atoms with Crippen molar-refractivity contribution < 1.29 is 40.6 Å². The number of ether oxygens (including phenoxy) is 3. The van der Waals surface area contributed by atoms with Gasteiger partial charge in [-0.2, -0.15) is 13.2 Å². The van der Waals surface area contributed by atoms with Crippen LogP contribution in [0.4, 0.5) is 13.2 Å². The van der Waals surface area contributed by atoms with Crippen LogP contribution in [0.1, 0.15) is 44.7 Å². The number of hydrogen-bond donors (Lipinski definition) is 1. The number of benzene rings is 4. The van der Waals surface area contributed by atoms with Crippen LogP contribution >= 0.6 is 11.6 Å². The molecule has 1 aromatic heterocycles. The van der Waals surface area contributed by atoms with Crippen molar-refractivity contribution in [1.82, 2.24) is 9.71 Å². The second-order valence-electron chi connectivity index (χ2n) is 11.5. The molecule has 0 spiro atoms. The van der Waals surface area contributed by atoms with Gasteiger partial charge >= 0.3 is 6.18 Å². The Balaban J connectivity index is 1.22. The lowest BCUT2D eigenvalue weighted by Gasteiger charge is -2.28. The number of fused-ring (bicyclic) bond motifs is 1. The Morgan fingerprint density at radius 1 is 0.960 bits per heavy atom. The molecule has 1 amide bonds. The fourth-order valence-corrected chi connectivity index (χ4v) is 6.77. The lowest BCUT2D eigenvalue weighted by molar-refractivity contribution is -0.170. The Kier molecular flexibility index (Phi) is 9.99. The molecule has 2 heterocycles. The molecule has 13 heteroatoms. The van der Waals surface area contributed by atoms with Crippen molar-refractivity contribution >= 4 is 50.6 Å². The first kappa shape index (κ1) is 35.1. The highest BCUT2D eigenvalue weighted by atomic mass is 35.5. The van der Waals surface area contributed by atoms with E-state index in [4.69, 9.17) is 25.8 Å². The summed E-state index contributed by atoms with van der Waals surface area (Å²) < 4.78 is 84.6. The maximum atomic E-state index is 13.4. The molecule has 0 bridgehead atoms. The smallest absolute Gasteiger partial charge is 0.416 e. The van der Waals surface area contributed by atoms with E-state index < -0.39 is 38.4 Å². The molecule has 1 aliphatic heterocycles. The molecular weight excluding hydrogens is 693 g/mol. The molecule has 258 valence electrons. The largest absolute Gasteiger partial charge is 0.497 e. The second kappa shape index (κ2) is 14.2. The first-order valence-corrected chi connectivity index (χ1v) is 17.3. The van der Waals surface area contributed by atoms with Gasteiger partial charge in [-0.25, -0.2) is 18.1 Å². The van der Waals surface area contributed by atoms with Gasteiger partial charge in [0.25, 0.3) is 15.9 Å². The highest BCUT2D eigenvalue weighted by Gasteiger charge is 2.39. The summed E-state index contributed by atoms with van der Waals surface area (Å²) >= 11 is 6.14. The van der Waals surface area contributed by atoms with Gasteiger partial charge in [0, 0.05) is 28.0 Å². The standard InChI is InChI=1S/C37H30ClF3N2O6S/c1-47-31-14-8-25(33(23-31)35(44)43-50(45,46)32-15-9-27(10-16-32)37(39,40)41)17-18-36(48-19-20-49-36)28-4-2-3-24(21-28)5-12-30-13-7-26-6-11-29(38)22-34(26)42-30/h2-16,21-23H,17-20H2,1H3,(H,43,44)/b12-5+. The van der Waals surface area contributed by atoms with Crippen molar-refractivity contribution in [3.8, 4) is 5.75 Å². The Hall–Kier alpha value is -4.75. The number of halogens is 4. The summed E-state index contributed by atoms with van der Waals surface area (Å²) in [5, 5.41) is 1.58. The van der Waals surface area contributed by atoms with E-state index in [0.717, 1.165) is 39.9 Å². The highest BCUT2D eigenvalue weighted by molar-refractivity contribution is 7.90. The predicted octanol–water partition coefficient (Wildman–Crippen LogP) is 8.04. The van der Waals surface area contributed by atoms with E-state index in [2.05, 4.69) is 4.98 Å². The molecule has 1 aliphatic rings. The average Bonchev–Trinajstić information content (AvgIpc) is 3.59. The first-order valence-electron chi connectivity index (χ1n) is 15.4. The number of carbonyl (C=O) groups excluding carboxylic acids is 1. The second-order valence-corrected chi connectivity index (χ2v) is 13.6. The minimum atomic E-state index is -4.64. The molecule has 1 N–H and O–H groups in total. The monoisotopic (exact) mass is 722 g/mol. The molecule has 5 aromatic rings. The quantitative estimate of drug-likeness (QED) is 0.156. The van der Waals surface area contributed by atoms with Crippen LogP contribution in [0.2, 0.25) is 5.02 Å². The Bertz CT molecular complexity index is 2180. The van der Waals surface area contributed by atoms with E-state index in [-0.39, 0.29) is 18.4 Å². The lowest BCUT2D eigenvalue weighted by atomic mass is 9.94. The molecule has 1 saturated heterocycles. The Labute approximate surface area is 291 Å². The number of aryl methyl sites for hydroxylation is 1. The molecule has 0 radical (unpaired) electrons. The zero-order chi connectivity index (χ0) is 35.5. The van der Waals surface area contributed by atoms with Gasteiger partial charge in [-0.1, -0.05) is 54.1 Å². The van der Waals surface area contributed by atoms with Crippen LogP contribution in [-0.2, 0) is 37.9 Å². The van der Waals surface area contributed by atoms with Gasteiger partial charge in [0.15, 0.2) is 5.79 Å². The molecule has 0 aliphatic carbocycles. The van der Waals surface area contributed by atoms with Gasteiger partial charge in [-0.05, 0) is 84.3 Å². The molecule has 1 fully saturated rings. The minimum Gasteiger partial charge on any atom is -0.497 e. The number of hydrogen-bond acceptors (Lipinski definition) is 7. The SMILES string of the molecule is COc1ccc(CCC2(c3cccc(/C=C/c4ccc5ccc(Cl)cc5n4)c3)OCCO2)c(C(=O)NS(=O)(=O)c2ccc(C(F)(F)F)cc2)c1. The normalized spacial score (nSPS) is 14.7. The Morgan fingerprint density at radius 2 is 1.70 bits per heavy atom. The van der Waals surface area contributed by atoms with Crippen LogP contribution in [0.25, 0.3) is 23.1 Å². The summed E-state index contributed by atoms with van der Waals surface area (Å²) in [6.07, 6.45) is -0.326. The van der Waals surface area contributed by atoms with Crippen molar-refractivity contribution in [3.63, 3.8) is 0 Å². The number of sulfonamides is 1. The number of amides is 1. The fraction of sp³-hybridized carbons (Fsp3) is 0.189. The zero-order valence-electron chi connectivity index (χ0n) is 26.5. The van der Waals surface area contributed by atoms with Gasteiger partial charge in [0.2, 0.25) is 0 Å². The maximum Gasteiger partial charge on any atom is 0.416 e. The van der Waals surface area contributed by atoms with Crippen molar-refractivity contribution in [2.24, 2.45) is 0 Å². The zero-order valence-corrected chi connectivity index (χ0v) is 28.1. The number of methoxy groups -OCH3 is 1. The van der Waals surface area contributed by atoms with E-state index in [1.165, 1.54) is 13.2 Å². The van der Waals surface area contributed by atoms with Gasteiger partial charge < -0.3 is 14.2 Å². The maximum absolute atomic E-state index is 13.4. The molecule has 4 aromatic carbocycles. The first-order chi connectivity index (χ1) is 23.8. The van der Waals surface area contributed by atoms with Gasteiger partial charge in [0.05, 0.1) is 42.0 Å². The van der Waals surface area contributed by atoms with Gasteiger partial charge in [0.1, 0.15) is 5.75 Å². The van der Waals surface area contributed by atoms with Crippen molar-refractivity contribution in [2.45, 2.75) is 29.7 Å². The van der Waals surface area contributed by atoms with E-state index in [9.17, 15) is 26.4 Å². The molecule has 0 atom stereocenters. The lowest BCUT2D eigenvalue weighted by Crippen LogP contribution is -2.32. The molecule has 0 unspecified atom stereocenters. The molecule has 8 nitrogen and oxygen atoms in total. The van der Waals surface area contributed by atoms with Crippen LogP contribution in [-0.4, -0.2) is 39.6 Å². The molecule has 50 heavy (non-hydrogen) atoms. The topological polar surface area (TPSA) is 104 Å². The van der Waals surface area contributed by atoms with Gasteiger partial charge in [-0.15, -0.1) is 0 Å². The summed E-state index contributed by atoms with van der Waals surface area (Å²) in [4.78, 5) is 17.6. The third kappa shape index (κ3) is 7.84. The number of rotatable bonds is 10. The van der Waals surface area contributed by atoms with E-state index >= 15 is 0 Å². The third-order valence-electron chi connectivity index (χ3n) is 8.21. The summed E-state index contributed by atoms with van der Waals surface area (Å²) in [6.45, 7) is 0.677. The number of carbonyl (C=O) groups is 1. The molecule has 0 saturated carbocycles. The Morgan fingerprint density at radius 3 is 2.42 bits per heavy atom. The van der Waals surface area contributed by atoms with Crippen LogP contribution in [0.5, 0.6) is 5.75 Å². The van der Waals surface area contributed by atoms with Crippen molar-refractivity contribution in [3.05, 3.63) is 136 Å². The minimum absolute atomic E-state index is 0.00819. The van der Waals surface area contributed by atoms with Crippen LogP contribution in [0, 0.1) is 0 Å². The average molecular weight is 723 g/mol. The van der Waals surface area contributed by atoms with E-state index in [0.29, 0.717) is 41.7 Å². The number of pyridine rings is 1. The summed E-state index contributed by atoms with van der Waals surface area (Å²) in [6, 6.07) is 24.6. The van der Waals surface area contributed by atoms with Gasteiger partial charge in [-0.3, -0.25) is 4.79 Å². The summed E-state index contributed by atoms with van der Waals surface area (Å²) in [7, 11) is -3.11. The highest BCUT2D eigenvalue weighted by Crippen LogP contribution is 2.37. The predicted molar refractivity (Wildman–Crippen MR) is 183 cm³/mol. The molecular formula is C37H30ClF3N2O6S. The van der Waals surface area contributed by atoms with E-state index in [1.54, 1.807) is 12.1 Å². The van der Waals surface area contributed by atoms with Crippen LogP contribution in [0.15, 0.2) is 102 Å². The number of nitrogens with zero attached hydrogens (tertiary/aromatic N) is 1. The number of nitrogens with one attached hydrogen (secondary N) is 1. The fourth-order valence-electron chi connectivity index (χ4n) is 5.64. The van der Waals surface area contributed by atoms with E-state index in [1.807, 2.05) is 71.5 Å². The van der Waals surface area contributed by atoms with Crippen molar-refractivity contribution in [1.29, 1.82) is 0 Å². The van der Waals surface area contributed by atoms with Crippen molar-refractivity contribution in [2.75, 3.05) is 20.3 Å².